The molecule has 3 aromatic rings. The number of fused-ring (bicyclic) bond motifs is 1. The molecule has 0 unspecified atom stereocenters. The van der Waals surface area contributed by atoms with Crippen molar-refractivity contribution in [1.29, 1.82) is 0 Å². The third-order valence-corrected chi connectivity index (χ3v) is 5.01. The van der Waals surface area contributed by atoms with Gasteiger partial charge in [0.2, 0.25) is 0 Å². The Hall–Kier alpha value is -1.82. The monoisotopic (exact) mass is 424 g/mol. The highest BCUT2D eigenvalue weighted by Crippen LogP contribution is 2.35. The zero-order valence-electron chi connectivity index (χ0n) is 15.3. The fraction of sp³-hybridized carbons (Fsp3) is 0.316. The van der Waals surface area contributed by atoms with E-state index in [-0.39, 0.29) is 0 Å². The van der Waals surface area contributed by atoms with Gasteiger partial charge in [0.15, 0.2) is 11.0 Å². The van der Waals surface area contributed by atoms with Gasteiger partial charge in [-0.05, 0) is 37.1 Å². The van der Waals surface area contributed by atoms with Gasteiger partial charge in [0.25, 0.3) is 0 Å². The lowest BCUT2D eigenvalue weighted by molar-refractivity contribution is 0.341. The highest BCUT2D eigenvalue weighted by Gasteiger charge is 2.19. The minimum absolute atomic E-state index is 0.346. The number of halogens is 3. The van der Waals surface area contributed by atoms with Gasteiger partial charge in [-0.2, -0.15) is 5.10 Å². The van der Waals surface area contributed by atoms with Crippen LogP contribution in [0, 0.1) is 0 Å². The van der Waals surface area contributed by atoms with Crippen molar-refractivity contribution in [2.24, 2.45) is 7.05 Å². The lowest BCUT2D eigenvalue weighted by atomic mass is 10.1. The molecule has 0 saturated carbocycles. The third kappa shape index (κ3) is 3.91. The summed E-state index contributed by atoms with van der Waals surface area (Å²) in [5.41, 5.74) is 5.12. The van der Waals surface area contributed by atoms with Gasteiger partial charge in [-0.1, -0.05) is 48.1 Å². The fourth-order valence-electron chi connectivity index (χ4n) is 2.92. The Morgan fingerprint density at radius 3 is 2.70 bits per heavy atom. The molecule has 0 aliphatic rings. The first kappa shape index (κ1) is 19.9. The lowest BCUT2D eigenvalue weighted by Crippen LogP contribution is -1.99. The van der Waals surface area contributed by atoms with E-state index in [0.717, 1.165) is 35.1 Å². The van der Waals surface area contributed by atoms with Gasteiger partial charge in [0.05, 0.1) is 22.9 Å². The van der Waals surface area contributed by atoms with Gasteiger partial charge in [0, 0.05) is 12.6 Å². The maximum Gasteiger partial charge on any atom is 0.165 e. The summed E-state index contributed by atoms with van der Waals surface area (Å²) in [5.74, 6) is 1.11. The van der Waals surface area contributed by atoms with Crippen molar-refractivity contribution < 1.29 is 4.74 Å². The molecule has 0 amide bonds. The Morgan fingerprint density at radius 1 is 1.26 bits per heavy atom. The van der Waals surface area contributed by atoms with Crippen molar-refractivity contribution in [1.82, 2.24) is 19.7 Å². The molecule has 1 aromatic carbocycles. The first-order chi connectivity index (χ1) is 13.0. The van der Waals surface area contributed by atoms with Crippen LogP contribution in [0.2, 0.25) is 5.15 Å². The van der Waals surface area contributed by atoms with Gasteiger partial charge in [-0.25, -0.2) is 9.97 Å². The van der Waals surface area contributed by atoms with E-state index in [4.69, 9.17) is 44.5 Å². The maximum absolute atomic E-state index is 6.48. The highest BCUT2D eigenvalue weighted by atomic mass is 35.5. The Balaban J connectivity index is 2.26. The molecule has 0 bridgehead atoms. The number of rotatable bonds is 6. The summed E-state index contributed by atoms with van der Waals surface area (Å²) < 4.78 is 7.48. The van der Waals surface area contributed by atoms with Gasteiger partial charge >= 0.3 is 0 Å². The van der Waals surface area contributed by atoms with Crippen molar-refractivity contribution in [2.45, 2.75) is 26.7 Å². The molecule has 2 heterocycles. The quantitative estimate of drug-likeness (QED) is 0.468. The Bertz CT molecular complexity index is 1010. The van der Waals surface area contributed by atoms with Crippen LogP contribution in [0.3, 0.4) is 0 Å². The predicted molar refractivity (Wildman–Crippen MR) is 112 cm³/mol. The van der Waals surface area contributed by atoms with Crippen LogP contribution in [0.25, 0.3) is 27.5 Å². The molecule has 8 heteroatoms. The molecule has 0 N–H and O–H groups in total. The van der Waals surface area contributed by atoms with Crippen LogP contribution < -0.4 is 4.74 Å². The van der Waals surface area contributed by atoms with E-state index in [1.54, 1.807) is 4.68 Å². The molecule has 27 heavy (non-hydrogen) atoms. The summed E-state index contributed by atoms with van der Waals surface area (Å²) in [5, 5.41) is 5.31. The maximum atomic E-state index is 6.48. The van der Waals surface area contributed by atoms with Crippen LogP contribution in [0.15, 0.2) is 23.7 Å². The Labute approximate surface area is 172 Å². The van der Waals surface area contributed by atoms with Crippen LogP contribution in [0.5, 0.6) is 5.75 Å². The number of hydrogen-bond donors (Lipinski definition) is 0. The molecule has 3 rings (SSSR count). The van der Waals surface area contributed by atoms with Gasteiger partial charge in [-0.15, -0.1) is 0 Å². The molecule has 5 nitrogen and oxygen atoms in total. The van der Waals surface area contributed by atoms with Crippen molar-refractivity contribution >= 4 is 50.9 Å². The summed E-state index contributed by atoms with van der Waals surface area (Å²) in [6.45, 7) is 4.53. The highest BCUT2D eigenvalue weighted by molar-refractivity contribution is 6.52. The number of hydrogen-bond acceptors (Lipinski definition) is 4. The first-order valence-corrected chi connectivity index (χ1v) is 9.81. The minimum Gasteiger partial charge on any atom is -0.493 e. The van der Waals surface area contributed by atoms with Gasteiger partial charge < -0.3 is 4.74 Å². The normalized spacial score (nSPS) is 12.0. The molecule has 0 saturated heterocycles. The topological polar surface area (TPSA) is 52.8 Å². The SMILES string of the molecule is CCCc1nn(C)c2c(Cl)nc(-c3cc(/C(Cl)=C/Cl)ccc3OCC)nc12. The Morgan fingerprint density at radius 2 is 2.04 bits per heavy atom. The van der Waals surface area contributed by atoms with Crippen LogP contribution in [-0.2, 0) is 13.5 Å². The zero-order chi connectivity index (χ0) is 19.6. The molecule has 142 valence electrons. The van der Waals surface area contributed by atoms with E-state index < -0.39 is 0 Å². The zero-order valence-corrected chi connectivity index (χ0v) is 17.5. The molecular weight excluding hydrogens is 407 g/mol. The second-order valence-corrected chi connectivity index (χ2v) is 6.94. The van der Waals surface area contributed by atoms with Crippen molar-refractivity contribution in [3.8, 4) is 17.1 Å². The summed E-state index contributed by atoms with van der Waals surface area (Å²) in [6, 6.07) is 5.51. The summed E-state index contributed by atoms with van der Waals surface area (Å²) in [4.78, 5) is 9.25. The first-order valence-electron chi connectivity index (χ1n) is 8.62. The average Bonchev–Trinajstić information content (AvgIpc) is 2.98. The van der Waals surface area contributed by atoms with Crippen molar-refractivity contribution in [3.63, 3.8) is 0 Å². The smallest absolute Gasteiger partial charge is 0.165 e. The standard InChI is InChI=1S/C19H19Cl3N4O/c1-4-6-14-16-17(26(3)25-14)18(22)24-19(23-16)12-9-11(13(21)10-20)7-8-15(12)27-5-2/h7-10H,4-6H2,1-3H3/b13-10-. The fourth-order valence-corrected chi connectivity index (χ4v) is 3.45. The molecule has 0 radical (unpaired) electrons. The number of ether oxygens (including phenoxy) is 1. The van der Waals surface area contributed by atoms with E-state index in [0.29, 0.717) is 33.9 Å². The molecule has 0 aliphatic carbocycles. The molecule has 2 aromatic heterocycles. The second kappa shape index (κ2) is 8.46. The van der Waals surface area contributed by atoms with E-state index in [9.17, 15) is 0 Å². The van der Waals surface area contributed by atoms with E-state index in [2.05, 4.69) is 17.0 Å². The molecule has 0 atom stereocenters. The van der Waals surface area contributed by atoms with Crippen LogP contribution in [0.4, 0.5) is 0 Å². The van der Waals surface area contributed by atoms with Crippen molar-refractivity contribution in [3.05, 3.63) is 40.1 Å². The third-order valence-electron chi connectivity index (χ3n) is 4.09. The Kier molecular flexibility index (Phi) is 6.25. The van der Waals surface area contributed by atoms with E-state index >= 15 is 0 Å². The summed E-state index contributed by atoms with van der Waals surface area (Å²) >= 11 is 18.4. The van der Waals surface area contributed by atoms with E-state index in [1.165, 1.54) is 5.54 Å². The summed E-state index contributed by atoms with van der Waals surface area (Å²) in [6.07, 6.45) is 1.77. The number of aryl methyl sites for hydroxylation is 2. The van der Waals surface area contributed by atoms with Crippen molar-refractivity contribution in [2.75, 3.05) is 6.61 Å². The van der Waals surface area contributed by atoms with Crippen LogP contribution in [0.1, 0.15) is 31.5 Å². The number of nitrogens with zero attached hydrogens (tertiary/aromatic N) is 4. The molecule has 0 aliphatic heterocycles. The predicted octanol–water partition coefficient (Wildman–Crippen LogP) is 5.81. The van der Waals surface area contributed by atoms with Crippen LogP contribution >= 0.6 is 34.8 Å². The molecule has 0 fully saturated rings. The lowest BCUT2D eigenvalue weighted by Gasteiger charge is -2.12. The molecule has 0 spiro atoms. The number of benzene rings is 1. The second-order valence-electron chi connectivity index (χ2n) is 5.96. The number of aromatic nitrogens is 4. The summed E-state index contributed by atoms with van der Waals surface area (Å²) in [7, 11) is 1.84. The van der Waals surface area contributed by atoms with Gasteiger partial charge in [-0.3, -0.25) is 4.68 Å². The molecular formula is C19H19Cl3N4O. The average molecular weight is 426 g/mol. The van der Waals surface area contributed by atoms with E-state index in [1.807, 2.05) is 32.2 Å². The minimum atomic E-state index is 0.346. The largest absolute Gasteiger partial charge is 0.493 e. The van der Waals surface area contributed by atoms with Gasteiger partial charge in [0.1, 0.15) is 16.8 Å². The van der Waals surface area contributed by atoms with Crippen LogP contribution in [-0.4, -0.2) is 26.4 Å².